The van der Waals surface area contributed by atoms with Crippen LogP contribution in [0.25, 0.3) is 0 Å². The van der Waals surface area contributed by atoms with Crippen molar-refractivity contribution >= 4 is 11.8 Å². The van der Waals surface area contributed by atoms with Crippen LogP contribution in [0.5, 0.6) is 5.75 Å². The second-order valence-corrected chi connectivity index (χ2v) is 5.98. The average Bonchev–Trinajstić information content (AvgIpc) is 2.52. The Balaban J connectivity index is 1.86. The van der Waals surface area contributed by atoms with Gasteiger partial charge in [0.25, 0.3) is 0 Å². The molecule has 2 rings (SSSR count). The predicted octanol–water partition coefficient (Wildman–Crippen LogP) is 3.29. The zero-order valence-corrected chi connectivity index (χ0v) is 13.2. The number of amides is 1. The van der Waals surface area contributed by atoms with Gasteiger partial charge >= 0.3 is 6.09 Å². The lowest BCUT2D eigenvalue weighted by Gasteiger charge is -2.32. The van der Waals surface area contributed by atoms with Gasteiger partial charge in [0.2, 0.25) is 0 Å². The van der Waals surface area contributed by atoms with Crippen LogP contribution in [0.15, 0.2) is 24.3 Å². The maximum absolute atomic E-state index is 11.5. The molecule has 1 aromatic carbocycles. The topological polar surface area (TPSA) is 70.6 Å². The Hall–Kier alpha value is -1.75. The summed E-state index contributed by atoms with van der Waals surface area (Å²) in [5.74, 6) is 0.495. The highest BCUT2D eigenvalue weighted by atomic mass is 16.6. The summed E-state index contributed by atoms with van der Waals surface area (Å²) in [6.07, 6.45) is 5.49. The third-order valence-electron chi connectivity index (χ3n) is 3.97. The highest BCUT2D eigenvalue weighted by Gasteiger charge is 2.28. The highest BCUT2D eigenvalue weighted by molar-refractivity contribution is 5.70. The first kappa shape index (κ1) is 16.6. The van der Waals surface area contributed by atoms with E-state index < -0.39 is 11.7 Å². The molecule has 0 saturated heterocycles. The van der Waals surface area contributed by atoms with Gasteiger partial charge < -0.3 is 20.5 Å². The largest absolute Gasteiger partial charge is 0.412 e. The zero-order valence-electron chi connectivity index (χ0n) is 13.2. The van der Waals surface area contributed by atoms with Gasteiger partial charge in [-0.2, -0.15) is 0 Å². The third kappa shape index (κ3) is 5.22. The molecular weight excluding hydrogens is 280 g/mol. The number of hydrogen-bond donors (Lipinski definition) is 3. The van der Waals surface area contributed by atoms with E-state index in [0.717, 1.165) is 37.8 Å². The van der Waals surface area contributed by atoms with Crippen molar-refractivity contribution in [2.24, 2.45) is 0 Å². The molecule has 5 heteroatoms. The van der Waals surface area contributed by atoms with E-state index in [0.29, 0.717) is 18.8 Å². The molecule has 1 aromatic rings. The summed E-state index contributed by atoms with van der Waals surface area (Å²) in [6.45, 7) is 3.11. The summed E-state index contributed by atoms with van der Waals surface area (Å²) in [6, 6.07) is 7.25. The van der Waals surface area contributed by atoms with E-state index in [1.165, 1.54) is 6.42 Å². The number of benzene rings is 1. The lowest BCUT2D eigenvalue weighted by atomic mass is 9.85. The molecule has 0 spiro atoms. The number of nitrogens with one attached hydrogen (secondary N) is 2. The minimum absolute atomic E-state index is 0.440. The molecule has 3 N–H and O–H groups in total. The number of carbonyl (C=O) groups is 1. The smallest absolute Gasteiger partial charge is 0.410 e. The van der Waals surface area contributed by atoms with Gasteiger partial charge in [-0.3, -0.25) is 0 Å². The Morgan fingerprint density at radius 3 is 2.82 bits per heavy atom. The van der Waals surface area contributed by atoms with Crippen LogP contribution < -0.4 is 15.4 Å². The van der Waals surface area contributed by atoms with Crippen LogP contribution in [0, 0.1) is 0 Å². The molecule has 0 aliphatic heterocycles. The maximum Gasteiger partial charge on any atom is 0.412 e. The molecule has 0 heterocycles. The fourth-order valence-corrected chi connectivity index (χ4v) is 2.69. The minimum atomic E-state index is -0.617. The van der Waals surface area contributed by atoms with Gasteiger partial charge in [0.1, 0.15) is 5.75 Å². The first-order valence-electron chi connectivity index (χ1n) is 8.13. The van der Waals surface area contributed by atoms with Crippen molar-refractivity contribution < 1.29 is 14.6 Å². The van der Waals surface area contributed by atoms with Gasteiger partial charge in [0.15, 0.2) is 0 Å². The Labute approximate surface area is 132 Å². The van der Waals surface area contributed by atoms with Gasteiger partial charge in [-0.05, 0) is 31.4 Å². The van der Waals surface area contributed by atoms with Crippen LogP contribution in [-0.2, 0) is 0 Å². The number of hydrogen-bond acceptors (Lipinski definition) is 4. The quantitative estimate of drug-likeness (QED) is 0.754. The fourth-order valence-electron chi connectivity index (χ4n) is 2.69. The van der Waals surface area contributed by atoms with Crippen molar-refractivity contribution in [3.63, 3.8) is 0 Å². The van der Waals surface area contributed by atoms with Crippen LogP contribution >= 0.6 is 0 Å². The van der Waals surface area contributed by atoms with Crippen molar-refractivity contribution in [1.82, 2.24) is 5.32 Å². The van der Waals surface area contributed by atoms with Crippen LogP contribution in [0.4, 0.5) is 10.5 Å². The summed E-state index contributed by atoms with van der Waals surface area (Å²) in [5.41, 5.74) is 0.230. The molecule has 1 fully saturated rings. The number of rotatable bonds is 6. The number of anilines is 1. The average molecular weight is 306 g/mol. The summed E-state index contributed by atoms with van der Waals surface area (Å²) >= 11 is 0. The van der Waals surface area contributed by atoms with E-state index in [1.807, 2.05) is 19.1 Å². The van der Waals surface area contributed by atoms with E-state index in [9.17, 15) is 9.90 Å². The number of aliphatic hydroxyl groups is 1. The number of carbonyl (C=O) groups excluding carboxylic acids is 1. The van der Waals surface area contributed by atoms with Crippen molar-refractivity contribution in [1.29, 1.82) is 0 Å². The fraction of sp³-hybridized carbons (Fsp3) is 0.588. The van der Waals surface area contributed by atoms with Crippen molar-refractivity contribution in [2.75, 3.05) is 18.4 Å². The van der Waals surface area contributed by atoms with Crippen LogP contribution in [0.1, 0.15) is 45.4 Å². The van der Waals surface area contributed by atoms with Gasteiger partial charge in [0.05, 0.1) is 5.60 Å². The molecular formula is C17H26N2O3. The zero-order chi connectivity index (χ0) is 15.8. The Kier molecular flexibility index (Phi) is 6.07. The van der Waals surface area contributed by atoms with Gasteiger partial charge in [-0.25, -0.2) is 4.79 Å². The first-order chi connectivity index (χ1) is 10.6. The SMILES string of the molecule is CCCNC(=O)Oc1cccc(NCC2(O)CCCCC2)c1. The van der Waals surface area contributed by atoms with E-state index in [1.54, 1.807) is 12.1 Å². The summed E-state index contributed by atoms with van der Waals surface area (Å²) in [7, 11) is 0. The van der Waals surface area contributed by atoms with Crippen molar-refractivity contribution in [2.45, 2.75) is 51.0 Å². The Bertz CT molecular complexity index is 485. The second kappa shape index (κ2) is 8.03. The standard InChI is InChI=1S/C17H26N2O3/c1-2-11-18-16(20)22-15-8-6-7-14(12-15)19-13-17(21)9-4-3-5-10-17/h6-8,12,19,21H,2-5,9-11,13H2,1H3,(H,18,20). The van der Waals surface area contributed by atoms with Crippen LogP contribution in [0.3, 0.4) is 0 Å². The molecule has 22 heavy (non-hydrogen) atoms. The molecule has 0 bridgehead atoms. The predicted molar refractivity (Wildman–Crippen MR) is 87.3 cm³/mol. The van der Waals surface area contributed by atoms with E-state index >= 15 is 0 Å². The molecule has 0 unspecified atom stereocenters. The molecule has 0 radical (unpaired) electrons. The normalized spacial score (nSPS) is 16.8. The van der Waals surface area contributed by atoms with E-state index in [4.69, 9.17) is 4.74 Å². The summed E-state index contributed by atoms with van der Waals surface area (Å²) < 4.78 is 5.22. The molecule has 1 saturated carbocycles. The highest BCUT2D eigenvalue weighted by Crippen LogP contribution is 2.28. The maximum atomic E-state index is 11.5. The molecule has 5 nitrogen and oxygen atoms in total. The monoisotopic (exact) mass is 306 g/mol. The minimum Gasteiger partial charge on any atom is -0.410 e. The van der Waals surface area contributed by atoms with Crippen LogP contribution in [0.2, 0.25) is 0 Å². The Morgan fingerprint density at radius 1 is 1.32 bits per heavy atom. The van der Waals surface area contributed by atoms with E-state index in [2.05, 4.69) is 10.6 Å². The third-order valence-corrected chi connectivity index (χ3v) is 3.97. The molecule has 0 atom stereocenters. The molecule has 122 valence electrons. The lowest BCUT2D eigenvalue weighted by Crippen LogP contribution is -2.38. The van der Waals surface area contributed by atoms with Gasteiger partial charge in [0, 0.05) is 24.8 Å². The molecule has 1 amide bonds. The van der Waals surface area contributed by atoms with Crippen LogP contribution in [-0.4, -0.2) is 29.9 Å². The molecule has 1 aliphatic rings. The van der Waals surface area contributed by atoms with E-state index in [-0.39, 0.29) is 0 Å². The molecule has 0 aromatic heterocycles. The summed E-state index contributed by atoms with van der Waals surface area (Å²) in [4.78, 5) is 11.5. The van der Waals surface area contributed by atoms with Gasteiger partial charge in [-0.1, -0.05) is 32.3 Å². The number of ether oxygens (including phenoxy) is 1. The summed E-state index contributed by atoms with van der Waals surface area (Å²) in [5, 5.41) is 16.4. The first-order valence-corrected chi connectivity index (χ1v) is 8.13. The second-order valence-electron chi connectivity index (χ2n) is 5.98. The molecule has 1 aliphatic carbocycles. The lowest BCUT2D eigenvalue weighted by molar-refractivity contribution is 0.0167. The Morgan fingerprint density at radius 2 is 2.09 bits per heavy atom. The van der Waals surface area contributed by atoms with Gasteiger partial charge in [-0.15, -0.1) is 0 Å². The van der Waals surface area contributed by atoms with Crippen molar-refractivity contribution in [3.05, 3.63) is 24.3 Å². The van der Waals surface area contributed by atoms with Crippen molar-refractivity contribution in [3.8, 4) is 5.75 Å².